The number of carbonyl (C=O) groups excluding carboxylic acids is 1. The van der Waals surface area contributed by atoms with Crippen molar-refractivity contribution in [2.24, 2.45) is 4.99 Å². The van der Waals surface area contributed by atoms with E-state index < -0.39 is 0 Å². The quantitative estimate of drug-likeness (QED) is 0.623. The number of aryl methyl sites for hydroxylation is 1. The molecule has 1 aliphatic heterocycles. The van der Waals surface area contributed by atoms with Gasteiger partial charge in [-0.3, -0.25) is 9.69 Å². The first kappa shape index (κ1) is 18.7. The molecule has 0 bridgehead atoms. The monoisotopic (exact) mass is 418 g/mol. The van der Waals surface area contributed by atoms with Gasteiger partial charge in [0, 0.05) is 11.1 Å². The third kappa shape index (κ3) is 4.10. The van der Waals surface area contributed by atoms with Gasteiger partial charge in [0.05, 0.1) is 4.91 Å². The van der Waals surface area contributed by atoms with Gasteiger partial charge in [-0.2, -0.15) is 4.99 Å². The second-order valence-electron chi connectivity index (χ2n) is 6.60. The van der Waals surface area contributed by atoms with E-state index in [9.17, 15) is 4.79 Å². The van der Waals surface area contributed by atoms with Crippen LogP contribution in [-0.2, 0) is 4.79 Å². The van der Waals surface area contributed by atoms with Crippen LogP contribution in [0.4, 0.5) is 5.13 Å². The third-order valence-electron chi connectivity index (χ3n) is 4.68. The van der Waals surface area contributed by atoms with Crippen LogP contribution in [0.3, 0.4) is 0 Å². The maximum Gasteiger partial charge on any atom is 0.267 e. The Morgan fingerprint density at radius 3 is 2.70 bits per heavy atom. The lowest BCUT2D eigenvalue weighted by Crippen LogP contribution is -2.40. The molecule has 5 nitrogen and oxygen atoms in total. The zero-order chi connectivity index (χ0) is 18.8. The first-order valence-corrected chi connectivity index (χ1v) is 11.0. The number of aliphatic imine (C=N–C) groups is 1. The molecule has 1 saturated heterocycles. The summed E-state index contributed by atoms with van der Waals surface area (Å²) in [4.78, 5) is 20.4. The highest BCUT2D eigenvalue weighted by atomic mass is 35.5. The summed E-state index contributed by atoms with van der Waals surface area (Å²) in [5.41, 5.74) is 0.839. The molecule has 1 aromatic carbocycles. The van der Waals surface area contributed by atoms with E-state index in [1.54, 1.807) is 0 Å². The molecule has 4 rings (SSSR count). The molecule has 0 radical (unpaired) electrons. The second kappa shape index (κ2) is 8.12. The standard InChI is InChI=1S/C19H19ClN4OS2/c1-12-22-23-18(26-12)21-19-24(14-8-3-2-4-9-14)17(25)16(27-19)11-13-7-5-6-10-15(13)20/h5-7,10-11,14H,2-4,8-9H2,1H3/b16-11-,21-19+. The molecule has 140 valence electrons. The Morgan fingerprint density at radius 1 is 1.22 bits per heavy atom. The van der Waals surface area contributed by atoms with E-state index >= 15 is 0 Å². The molecule has 1 saturated carbocycles. The Kier molecular flexibility index (Phi) is 5.61. The topological polar surface area (TPSA) is 58.5 Å². The molecule has 2 aromatic rings. The van der Waals surface area contributed by atoms with E-state index in [1.807, 2.05) is 42.2 Å². The predicted octanol–water partition coefficient (Wildman–Crippen LogP) is 5.44. The van der Waals surface area contributed by atoms with Gasteiger partial charge in [-0.25, -0.2) is 0 Å². The average molecular weight is 419 g/mol. The van der Waals surface area contributed by atoms with Gasteiger partial charge in [0.25, 0.3) is 5.91 Å². The molecule has 0 spiro atoms. The SMILES string of the molecule is Cc1nnc(/N=C2/S/C(=C\c3ccccc3Cl)C(=O)N2C2CCCCC2)s1. The third-order valence-corrected chi connectivity index (χ3v) is 6.73. The van der Waals surface area contributed by atoms with Crippen LogP contribution >= 0.6 is 34.7 Å². The normalized spacial score (nSPS) is 21.6. The Labute approximate surface area is 171 Å². The number of amidine groups is 1. The van der Waals surface area contributed by atoms with Gasteiger partial charge in [0.1, 0.15) is 5.01 Å². The summed E-state index contributed by atoms with van der Waals surface area (Å²) < 4.78 is 0. The molecule has 1 amide bonds. The molecule has 2 heterocycles. The number of aromatic nitrogens is 2. The van der Waals surface area contributed by atoms with Crippen molar-refractivity contribution in [3.63, 3.8) is 0 Å². The number of amides is 1. The van der Waals surface area contributed by atoms with Crippen LogP contribution in [0.1, 0.15) is 42.7 Å². The zero-order valence-electron chi connectivity index (χ0n) is 14.9. The predicted molar refractivity (Wildman–Crippen MR) is 112 cm³/mol. The van der Waals surface area contributed by atoms with Crippen molar-refractivity contribution in [2.75, 3.05) is 0 Å². The number of benzene rings is 1. The molecule has 0 N–H and O–H groups in total. The first-order chi connectivity index (χ1) is 13.1. The molecule has 27 heavy (non-hydrogen) atoms. The van der Waals surface area contributed by atoms with E-state index in [2.05, 4.69) is 15.2 Å². The molecule has 2 fully saturated rings. The summed E-state index contributed by atoms with van der Waals surface area (Å²) in [7, 11) is 0. The Morgan fingerprint density at radius 2 is 2.00 bits per heavy atom. The molecule has 2 aliphatic rings. The van der Waals surface area contributed by atoms with Crippen LogP contribution in [0.5, 0.6) is 0 Å². The van der Waals surface area contributed by atoms with Gasteiger partial charge >= 0.3 is 0 Å². The van der Waals surface area contributed by atoms with Gasteiger partial charge in [0.2, 0.25) is 5.13 Å². The van der Waals surface area contributed by atoms with Crippen LogP contribution in [0.25, 0.3) is 6.08 Å². The van der Waals surface area contributed by atoms with E-state index in [4.69, 9.17) is 11.6 Å². The van der Waals surface area contributed by atoms with Crippen LogP contribution in [0.2, 0.25) is 5.02 Å². The largest absolute Gasteiger partial charge is 0.283 e. The minimum Gasteiger partial charge on any atom is -0.283 e. The summed E-state index contributed by atoms with van der Waals surface area (Å²) in [5.74, 6) is 0.00630. The van der Waals surface area contributed by atoms with Crippen LogP contribution in [-0.4, -0.2) is 32.2 Å². The van der Waals surface area contributed by atoms with Crippen molar-refractivity contribution in [3.8, 4) is 0 Å². The number of nitrogens with zero attached hydrogens (tertiary/aromatic N) is 4. The van der Waals surface area contributed by atoms with Gasteiger partial charge in [0.15, 0.2) is 5.17 Å². The number of rotatable bonds is 3. The Balaban J connectivity index is 1.71. The molecular formula is C19H19ClN4OS2. The molecule has 1 aromatic heterocycles. The highest BCUT2D eigenvalue weighted by Gasteiger charge is 2.39. The van der Waals surface area contributed by atoms with Crippen LogP contribution < -0.4 is 0 Å². The summed E-state index contributed by atoms with van der Waals surface area (Å²) in [6, 6.07) is 7.74. The van der Waals surface area contributed by atoms with Crippen molar-refractivity contribution in [3.05, 3.63) is 44.8 Å². The number of hydrogen-bond donors (Lipinski definition) is 0. The number of thioether (sulfide) groups is 1. The van der Waals surface area contributed by atoms with Gasteiger partial charge in [-0.1, -0.05) is 60.4 Å². The van der Waals surface area contributed by atoms with Crippen molar-refractivity contribution < 1.29 is 4.79 Å². The van der Waals surface area contributed by atoms with Crippen LogP contribution in [0.15, 0.2) is 34.2 Å². The Bertz CT molecular complexity index is 918. The molecule has 8 heteroatoms. The fourth-order valence-corrected chi connectivity index (χ4v) is 5.21. The summed E-state index contributed by atoms with van der Waals surface area (Å²) in [6.07, 6.45) is 7.41. The molecule has 1 aliphatic carbocycles. The minimum absolute atomic E-state index is 0.00630. The summed E-state index contributed by atoms with van der Waals surface area (Å²) >= 11 is 9.11. The van der Waals surface area contributed by atoms with E-state index in [0.717, 1.165) is 36.3 Å². The number of hydrogen-bond acceptors (Lipinski definition) is 6. The second-order valence-corrected chi connectivity index (χ2v) is 9.17. The highest BCUT2D eigenvalue weighted by molar-refractivity contribution is 8.18. The molecular weight excluding hydrogens is 400 g/mol. The van der Waals surface area contributed by atoms with E-state index in [0.29, 0.717) is 20.2 Å². The highest BCUT2D eigenvalue weighted by Crippen LogP contribution is 2.39. The maximum absolute atomic E-state index is 13.2. The van der Waals surface area contributed by atoms with Crippen LogP contribution in [0, 0.1) is 6.92 Å². The van der Waals surface area contributed by atoms with Crippen molar-refractivity contribution >= 4 is 57.0 Å². The summed E-state index contributed by atoms with van der Waals surface area (Å²) in [6.45, 7) is 1.90. The maximum atomic E-state index is 13.2. The fourth-order valence-electron chi connectivity index (χ4n) is 3.37. The lowest BCUT2D eigenvalue weighted by molar-refractivity contribution is -0.124. The fraction of sp³-hybridized carbons (Fsp3) is 0.368. The molecule has 0 unspecified atom stereocenters. The van der Waals surface area contributed by atoms with Crippen molar-refractivity contribution in [1.29, 1.82) is 0 Å². The van der Waals surface area contributed by atoms with E-state index in [-0.39, 0.29) is 11.9 Å². The van der Waals surface area contributed by atoms with Gasteiger partial charge in [-0.15, -0.1) is 10.2 Å². The lowest BCUT2D eigenvalue weighted by atomic mass is 9.94. The number of carbonyl (C=O) groups is 1. The zero-order valence-corrected chi connectivity index (χ0v) is 17.3. The molecule has 0 atom stereocenters. The number of halogens is 1. The van der Waals surface area contributed by atoms with Crippen molar-refractivity contribution in [2.45, 2.75) is 45.1 Å². The van der Waals surface area contributed by atoms with Crippen molar-refractivity contribution in [1.82, 2.24) is 15.1 Å². The minimum atomic E-state index is 0.00630. The van der Waals surface area contributed by atoms with E-state index in [1.165, 1.54) is 29.5 Å². The lowest BCUT2D eigenvalue weighted by Gasteiger charge is -2.30. The average Bonchev–Trinajstić information content (AvgIpc) is 3.21. The summed E-state index contributed by atoms with van der Waals surface area (Å²) in [5, 5.41) is 10.9. The smallest absolute Gasteiger partial charge is 0.267 e. The van der Waals surface area contributed by atoms with Gasteiger partial charge < -0.3 is 0 Å². The first-order valence-electron chi connectivity index (χ1n) is 8.98. The van der Waals surface area contributed by atoms with Gasteiger partial charge in [-0.05, 0) is 49.2 Å². The Hall–Kier alpha value is -1.70.